The monoisotopic (exact) mass is 327 g/mol. The molecule has 0 fully saturated rings. The van der Waals surface area contributed by atoms with Crippen molar-refractivity contribution in [2.45, 2.75) is 6.92 Å². The average molecular weight is 328 g/mol. The molecule has 0 atom stereocenters. The summed E-state index contributed by atoms with van der Waals surface area (Å²) < 4.78 is 5.90. The fourth-order valence-corrected chi connectivity index (χ4v) is 2.45. The van der Waals surface area contributed by atoms with Crippen molar-refractivity contribution in [3.05, 3.63) is 53.2 Å². The highest BCUT2D eigenvalue weighted by molar-refractivity contribution is 6.33. The number of amides is 1. The van der Waals surface area contributed by atoms with Gasteiger partial charge in [0.2, 0.25) is 6.41 Å². The number of hydrogen-bond acceptors (Lipinski definition) is 4. The summed E-state index contributed by atoms with van der Waals surface area (Å²) in [5.74, 6) is 1.19. The zero-order valence-corrected chi connectivity index (χ0v) is 13.1. The summed E-state index contributed by atoms with van der Waals surface area (Å²) in [6, 6.07) is 10.6. The molecule has 0 aliphatic heterocycles. The number of rotatable bonds is 4. The summed E-state index contributed by atoms with van der Waals surface area (Å²) >= 11 is 6.02. The minimum absolute atomic E-state index is 0.431. The zero-order valence-electron chi connectivity index (χ0n) is 12.3. The number of pyridine rings is 1. The van der Waals surface area contributed by atoms with Crippen molar-refractivity contribution >= 4 is 40.3 Å². The van der Waals surface area contributed by atoms with Crippen LogP contribution in [-0.2, 0) is 4.79 Å². The number of fused-ring (bicyclic) bond motifs is 1. The summed E-state index contributed by atoms with van der Waals surface area (Å²) in [4.78, 5) is 15.1. The van der Waals surface area contributed by atoms with Gasteiger partial charge in [0.15, 0.2) is 0 Å². The maximum absolute atomic E-state index is 10.7. The molecule has 3 aromatic rings. The van der Waals surface area contributed by atoms with E-state index in [1.807, 2.05) is 19.1 Å². The largest absolute Gasteiger partial charge is 0.457 e. The van der Waals surface area contributed by atoms with Gasteiger partial charge in [0.1, 0.15) is 11.5 Å². The van der Waals surface area contributed by atoms with Gasteiger partial charge in [0.25, 0.3) is 0 Å². The van der Waals surface area contributed by atoms with E-state index in [2.05, 4.69) is 10.3 Å². The average Bonchev–Trinajstić information content (AvgIpc) is 2.52. The first-order chi connectivity index (χ1) is 11.1. The lowest BCUT2D eigenvalue weighted by atomic mass is 10.1. The third kappa shape index (κ3) is 3.05. The van der Waals surface area contributed by atoms with E-state index in [0.717, 1.165) is 16.5 Å². The van der Waals surface area contributed by atoms with Crippen molar-refractivity contribution in [1.29, 1.82) is 0 Å². The van der Waals surface area contributed by atoms with Crippen LogP contribution in [0.3, 0.4) is 0 Å². The summed E-state index contributed by atoms with van der Waals surface area (Å²) in [5, 5.41) is 3.89. The minimum Gasteiger partial charge on any atom is -0.457 e. The molecule has 0 saturated carbocycles. The molecule has 5 nitrogen and oxygen atoms in total. The number of hydrogen-bond donors (Lipinski definition) is 2. The molecule has 3 rings (SSSR count). The number of nitrogens with two attached hydrogens (primary N) is 1. The maximum Gasteiger partial charge on any atom is 0.211 e. The van der Waals surface area contributed by atoms with Gasteiger partial charge in [-0.2, -0.15) is 0 Å². The number of aromatic nitrogens is 1. The highest BCUT2D eigenvalue weighted by Gasteiger charge is 2.09. The van der Waals surface area contributed by atoms with Crippen molar-refractivity contribution in [1.82, 2.24) is 4.98 Å². The molecule has 0 aliphatic carbocycles. The van der Waals surface area contributed by atoms with Crippen molar-refractivity contribution in [3.63, 3.8) is 0 Å². The van der Waals surface area contributed by atoms with E-state index in [-0.39, 0.29) is 0 Å². The van der Waals surface area contributed by atoms with Crippen molar-refractivity contribution in [2.24, 2.45) is 0 Å². The molecule has 0 saturated heterocycles. The van der Waals surface area contributed by atoms with E-state index in [9.17, 15) is 4.79 Å². The molecule has 2 aromatic carbocycles. The quantitative estimate of drug-likeness (QED) is 0.557. The van der Waals surface area contributed by atoms with E-state index in [0.29, 0.717) is 34.3 Å². The van der Waals surface area contributed by atoms with Crippen LogP contribution < -0.4 is 15.8 Å². The summed E-state index contributed by atoms with van der Waals surface area (Å²) in [6.07, 6.45) is 2.31. The number of benzene rings is 2. The zero-order chi connectivity index (χ0) is 16.4. The molecule has 0 radical (unpaired) electrons. The predicted molar refractivity (Wildman–Crippen MR) is 92.1 cm³/mol. The van der Waals surface area contributed by atoms with Crippen LogP contribution in [0.5, 0.6) is 11.5 Å². The molecule has 23 heavy (non-hydrogen) atoms. The number of anilines is 2. The second kappa shape index (κ2) is 6.14. The molecule has 0 aliphatic rings. The number of carbonyl (C=O) groups is 1. The lowest BCUT2D eigenvalue weighted by molar-refractivity contribution is -0.105. The standard InChI is InChI=1S/C17H14ClN3O2/c1-10-6-16-12(8-15(10)21-9-22)17(4-5-20-16)23-11-2-3-14(19)13(18)7-11/h2-9H,19H2,1H3,(H,21,22). The van der Waals surface area contributed by atoms with E-state index >= 15 is 0 Å². The van der Waals surface area contributed by atoms with Gasteiger partial charge in [-0.15, -0.1) is 0 Å². The fraction of sp³-hybridized carbons (Fsp3) is 0.0588. The molecule has 1 aromatic heterocycles. The van der Waals surface area contributed by atoms with E-state index in [4.69, 9.17) is 22.1 Å². The van der Waals surface area contributed by atoms with Gasteiger partial charge in [-0.25, -0.2) is 0 Å². The predicted octanol–water partition coefficient (Wildman–Crippen LogP) is 4.14. The van der Waals surface area contributed by atoms with Crippen LogP contribution in [0.15, 0.2) is 42.6 Å². The van der Waals surface area contributed by atoms with Crippen LogP contribution >= 0.6 is 11.6 Å². The van der Waals surface area contributed by atoms with Gasteiger partial charge in [-0.1, -0.05) is 11.6 Å². The van der Waals surface area contributed by atoms with Crippen LogP contribution in [0.25, 0.3) is 10.9 Å². The van der Waals surface area contributed by atoms with Gasteiger partial charge >= 0.3 is 0 Å². The van der Waals surface area contributed by atoms with Crippen molar-refractivity contribution in [3.8, 4) is 11.5 Å². The Morgan fingerprint density at radius 2 is 2.09 bits per heavy atom. The lowest BCUT2D eigenvalue weighted by Gasteiger charge is -2.12. The first-order valence-electron chi connectivity index (χ1n) is 6.91. The summed E-state index contributed by atoms with van der Waals surface area (Å²) in [5.41, 5.74) is 8.60. The molecule has 6 heteroatoms. The summed E-state index contributed by atoms with van der Waals surface area (Å²) in [6.45, 7) is 1.90. The fourth-order valence-electron chi connectivity index (χ4n) is 2.28. The molecule has 0 bridgehead atoms. The molecule has 0 spiro atoms. The SMILES string of the molecule is Cc1cc2nccc(Oc3ccc(N)c(Cl)c3)c2cc1NC=O. The highest BCUT2D eigenvalue weighted by Crippen LogP contribution is 2.33. The van der Waals surface area contributed by atoms with Crippen LogP contribution in [0.2, 0.25) is 5.02 Å². The number of nitrogen functional groups attached to an aromatic ring is 1. The Labute approximate surface area is 138 Å². The third-order valence-corrected chi connectivity index (χ3v) is 3.79. The normalized spacial score (nSPS) is 10.5. The van der Waals surface area contributed by atoms with Gasteiger partial charge in [0, 0.05) is 23.3 Å². The van der Waals surface area contributed by atoms with Crippen LogP contribution in [-0.4, -0.2) is 11.4 Å². The second-order valence-corrected chi connectivity index (χ2v) is 5.45. The minimum atomic E-state index is 0.431. The van der Waals surface area contributed by atoms with Crippen molar-refractivity contribution < 1.29 is 9.53 Å². The molecular weight excluding hydrogens is 314 g/mol. The number of aryl methyl sites for hydroxylation is 1. The number of ether oxygens (including phenoxy) is 1. The number of carbonyl (C=O) groups excluding carboxylic acids is 1. The van der Waals surface area contributed by atoms with Gasteiger partial charge < -0.3 is 15.8 Å². The van der Waals surface area contributed by atoms with Gasteiger partial charge in [-0.3, -0.25) is 9.78 Å². The Morgan fingerprint density at radius 1 is 1.26 bits per heavy atom. The van der Waals surface area contributed by atoms with Gasteiger partial charge in [-0.05, 0) is 42.8 Å². The number of nitrogens with zero attached hydrogens (tertiary/aromatic N) is 1. The smallest absolute Gasteiger partial charge is 0.211 e. The van der Waals surface area contributed by atoms with Crippen LogP contribution in [0.1, 0.15) is 5.56 Å². The van der Waals surface area contributed by atoms with E-state index < -0.39 is 0 Å². The topological polar surface area (TPSA) is 77.2 Å². The Kier molecular flexibility index (Phi) is 4.04. The van der Waals surface area contributed by atoms with E-state index in [1.54, 1.807) is 30.5 Å². The van der Waals surface area contributed by atoms with Crippen LogP contribution in [0, 0.1) is 6.92 Å². The first-order valence-corrected chi connectivity index (χ1v) is 7.28. The molecule has 1 heterocycles. The Hall–Kier alpha value is -2.79. The molecule has 1 amide bonds. The van der Waals surface area contributed by atoms with Crippen LogP contribution in [0.4, 0.5) is 11.4 Å². The Morgan fingerprint density at radius 3 is 2.83 bits per heavy atom. The molecular formula is C17H14ClN3O2. The Bertz CT molecular complexity index is 896. The van der Waals surface area contributed by atoms with Gasteiger partial charge in [0.05, 0.1) is 16.2 Å². The van der Waals surface area contributed by atoms with E-state index in [1.165, 1.54) is 0 Å². The molecule has 116 valence electrons. The molecule has 0 unspecified atom stereocenters. The second-order valence-electron chi connectivity index (χ2n) is 5.04. The first kappa shape index (κ1) is 15.1. The highest BCUT2D eigenvalue weighted by atomic mass is 35.5. The van der Waals surface area contributed by atoms with Crippen molar-refractivity contribution in [2.75, 3.05) is 11.1 Å². The number of nitrogens with one attached hydrogen (secondary N) is 1. The Balaban J connectivity index is 2.07. The molecule has 3 N–H and O–H groups in total. The third-order valence-electron chi connectivity index (χ3n) is 3.46. The number of halogens is 1. The maximum atomic E-state index is 10.7. The lowest BCUT2D eigenvalue weighted by Crippen LogP contribution is -1.97. The summed E-state index contributed by atoms with van der Waals surface area (Å²) in [7, 11) is 0.